The molecular formula is C13H22N2O. The van der Waals surface area contributed by atoms with E-state index in [2.05, 4.69) is 19.2 Å². The summed E-state index contributed by atoms with van der Waals surface area (Å²) >= 11 is 0. The smallest absolute Gasteiger partial charge is 0.0632 e. The molecule has 0 aromatic heterocycles. The number of aliphatic hydroxyl groups is 1. The number of benzene rings is 1. The molecule has 4 N–H and O–H groups in total. The number of hydrogen-bond acceptors (Lipinski definition) is 3. The predicted molar refractivity (Wildman–Crippen MR) is 69.5 cm³/mol. The lowest BCUT2D eigenvalue weighted by Crippen LogP contribution is -2.26. The Morgan fingerprint density at radius 2 is 2.06 bits per heavy atom. The highest BCUT2D eigenvalue weighted by Crippen LogP contribution is 2.24. The van der Waals surface area contributed by atoms with Gasteiger partial charge in [0.1, 0.15) is 0 Å². The van der Waals surface area contributed by atoms with Crippen molar-refractivity contribution in [1.82, 2.24) is 0 Å². The zero-order chi connectivity index (χ0) is 12.1. The molecule has 0 radical (unpaired) electrons. The fourth-order valence-electron chi connectivity index (χ4n) is 1.84. The fraction of sp³-hybridized carbons (Fsp3) is 0.538. The van der Waals surface area contributed by atoms with Crippen molar-refractivity contribution in [3.05, 3.63) is 23.8 Å². The van der Waals surface area contributed by atoms with Crippen molar-refractivity contribution in [3.63, 3.8) is 0 Å². The highest BCUT2D eigenvalue weighted by molar-refractivity contribution is 5.70. The third-order valence-electron chi connectivity index (χ3n) is 2.63. The Morgan fingerprint density at radius 1 is 1.38 bits per heavy atom. The molecule has 0 saturated carbocycles. The topological polar surface area (TPSA) is 58.3 Å². The van der Waals surface area contributed by atoms with Crippen molar-refractivity contribution in [2.75, 3.05) is 17.7 Å². The van der Waals surface area contributed by atoms with Gasteiger partial charge in [-0.2, -0.15) is 0 Å². The van der Waals surface area contributed by atoms with E-state index in [1.165, 1.54) is 0 Å². The Morgan fingerprint density at radius 3 is 2.56 bits per heavy atom. The molecule has 0 heterocycles. The van der Waals surface area contributed by atoms with Gasteiger partial charge in [-0.25, -0.2) is 0 Å². The lowest BCUT2D eigenvalue weighted by molar-refractivity contribution is 0.259. The highest BCUT2D eigenvalue weighted by Gasteiger charge is 2.12. The van der Waals surface area contributed by atoms with E-state index < -0.39 is 0 Å². The zero-order valence-electron chi connectivity index (χ0n) is 10.3. The van der Waals surface area contributed by atoms with Crippen LogP contribution < -0.4 is 11.1 Å². The fourth-order valence-corrected chi connectivity index (χ4v) is 1.84. The van der Waals surface area contributed by atoms with Gasteiger partial charge < -0.3 is 16.2 Å². The van der Waals surface area contributed by atoms with Crippen molar-refractivity contribution in [3.8, 4) is 0 Å². The van der Waals surface area contributed by atoms with Gasteiger partial charge in [-0.3, -0.25) is 0 Å². The van der Waals surface area contributed by atoms with Crippen molar-refractivity contribution in [2.24, 2.45) is 5.92 Å². The largest absolute Gasteiger partial charge is 0.397 e. The summed E-state index contributed by atoms with van der Waals surface area (Å²) in [4.78, 5) is 0. The third kappa shape index (κ3) is 3.42. The average molecular weight is 222 g/mol. The minimum absolute atomic E-state index is 0.0726. The van der Waals surface area contributed by atoms with E-state index in [1.54, 1.807) is 0 Å². The third-order valence-corrected chi connectivity index (χ3v) is 2.63. The maximum atomic E-state index is 9.31. The molecule has 3 heteroatoms. The number of nitrogen functional groups attached to an aromatic ring is 1. The molecule has 0 aliphatic carbocycles. The Balaban J connectivity index is 2.77. The van der Waals surface area contributed by atoms with Crippen LogP contribution in [0.2, 0.25) is 0 Å². The molecule has 0 spiro atoms. The molecule has 16 heavy (non-hydrogen) atoms. The molecule has 0 aliphatic rings. The lowest BCUT2D eigenvalue weighted by atomic mass is 10.0. The Hall–Kier alpha value is -1.22. The van der Waals surface area contributed by atoms with Crippen LogP contribution >= 0.6 is 0 Å². The molecule has 1 unspecified atom stereocenters. The number of anilines is 2. The van der Waals surface area contributed by atoms with Crippen LogP contribution in [0.5, 0.6) is 0 Å². The average Bonchev–Trinajstić information content (AvgIpc) is 2.21. The first-order valence-electron chi connectivity index (χ1n) is 5.77. The first-order valence-corrected chi connectivity index (χ1v) is 5.77. The molecule has 3 nitrogen and oxygen atoms in total. The quantitative estimate of drug-likeness (QED) is 0.670. The van der Waals surface area contributed by atoms with Gasteiger partial charge in [0.25, 0.3) is 0 Å². The molecule has 0 saturated heterocycles. The predicted octanol–water partition coefficient (Wildman–Crippen LogP) is 2.40. The van der Waals surface area contributed by atoms with Crippen molar-refractivity contribution >= 4 is 11.4 Å². The number of aryl methyl sites for hydroxylation is 1. The molecule has 1 atom stereocenters. The van der Waals surface area contributed by atoms with Gasteiger partial charge in [0.2, 0.25) is 0 Å². The van der Waals surface area contributed by atoms with Gasteiger partial charge >= 0.3 is 0 Å². The normalized spacial score (nSPS) is 12.8. The number of nitrogens with one attached hydrogen (secondary N) is 1. The second-order valence-corrected chi connectivity index (χ2v) is 4.69. The van der Waals surface area contributed by atoms with Gasteiger partial charge in [0.15, 0.2) is 0 Å². The summed E-state index contributed by atoms with van der Waals surface area (Å²) in [5, 5.41) is 12.6. The Bertz CT molecular complexity index is 316. The number of para-hydroxylation sites is 1. The van der Waals surface area contributed by atoms with E-state index in [0.29, 0.717) is 5.92 Å². The number of hydrogen-bond donors (Lipinski definition) is 3. The second kappa shape index (κ2) is 5.75. The molecule has 1 rings (SSSR count). The summed E-state index contributed by atoms with van der Waals surface area (Å²) in [6.07, 6.45) is 0.935. The van der Waals surface area contributed by atoms with E-state index in [9.17, 15) is 5.11 Å². The van der Waals surface area contributed by atoms with Crippen LogP contribution in [0.25, 0.3) is 0 Å². The number of nitrogens with two attached hydrogens (primary N) is 1. The molecule has 0 amide bonds. The van der Waals surface area contributed by atoms with Crippen molar-refractivity contribution < 1.29 is 5.11 Å². The molecule has 90 valence electrons. The summed E-state index contributed by atoms with van der Waals surface area (Å²) in [7, 11) is 0. The summed E-state index contributed by atoms with van der Waals surface area (Å²) in [6, 6.07) is 5.90. The van der Waals surface area contributed by atoms with Gasteiger partial charge in [-0.05, 0) is 30.9 Å². The molecule has 1 aromatic rings. The summed E-state index contributed by atoms with van der Waals surface area (Å²) in [5.41, 5.74) is 8.71. The second-order valence-electron chi connectivity index (χ2n) is 4.69. The summed E-state index contributed by atoms with van der Waals surface area (Å²) in [6.45, 7) is 6.44. The standard InChI is InChI=1S/C13H22N2O/c1-9(2)7-11(8-16)15-13-10(3)5-4-6-12(13)14/h4-6,9,11,15-16H,7-8,14H2,1-3H3. The first kappa shape index (κ1) is 12.8. The van der Waals surface area contributed by atoms with Crippen LogP contribution in [0.15, 0.2) is 18.2 Å². The maximum absolute atomic E-state index is 9.31. The van der Waals surface area contributed by atoms with Gasteiger partial charge in [-0.15, -0.1) is 0 Å². The van der Waals surface area contributed by atoms with E-state index in [1.807, 2.05) is 25.1 Å². The summed E-state index contributed by atoms with van der Waals surface area (Å²) in [5.74, 6) is 0.551. The lowest BCUT2D eigenvalue weighted by Gasteiger charge is -2.21. The van der Waals surface area contributed by atoms with Gasteiger partial charge in [0, 0.05) is 6.04 Å². The molecule has 0 fully saturated rings. The van der Waals surface area contributed by atoms with Crippen LogP contribution in [-0.4, -0.2) is 17.8 Å². The maximum Gasteiger partial charge on any atom is 0.0632 e. The van der Waals surface area contributed by atoms with Crippen LogP contribution in [-0.2, 0) is 0 Å². The SMILES string of the molecule is Cc1cccc(N)c1NC(CO)CC(C)C. The van der Waals surface area contributed by atoms with Crippen molar-refractivity contribution in [1.29, 1.82) is 0 Å². The van der Waals surface area contributed by atoms with Crippen LogP contribution in [0.1, 0.15) is 25.8 Å². The molecular weight excluding hydrogens is 200 g/mol. The van der Waals surface area contributed by atoms with Crippen LogP contribution in [0.4, 0.5) is 11.4 Å². The zero-order valence-corrected chi connectivity index (χ0v) is 10.3. The molecule has 0 bridgehead atoms. The van der Waals surface area contributed by atoms with E-state index >= 15 is 0 Å². The van der Waals surface area contributed by atoms with E-state index in [0.717, 1.165) is 23.4 Å². The van der Waals surface area contributed by atoms with Crippen LogP contribution in [0.3, 0.4) is 0 Å². The van der Waals surface area contributed by atoms with Crippen LogP contribution in [0, 0.1) is 12.8 Å². The summed E-state index contributed by atoms with van der Waals surface area (Å²) < 4.78 is 0. The monoisotopic (exact) mass is 222 g/mol. The molecule has 1 aromatic carbocycles. The first-order chi connectivity index (χ1) is 7.54. The Labute approximate surface area is 97.7 Å². The van der Waals surface area contributed by atoms with E-state index in [4.69, 9.17) is 5.73 Å². The minimum Gasteiger partial charge on any atom is -0.397 e. The van der Waals surface area contributed by atoms with E-state index in [-0.39, 0.29) is 12.6 Å². The van der Waals surface area contributed by atoms with Gasteiger partial charge in [-0.1, -0.05) is 26.0 Å². The minimum atomic E-state index is 0.0726. The van der Waals surface area contributed by atoms with Crippen molar-refractivity contribution in [2.45, 2.75) is 33.2 Å². The highest BCUT2D eigenvalue weighted by atomic mass is 16.3. The molecule has 0 aliphatic heterocycles. The number of rotatable bonds is 5. The van der Waals surface area contributed by atoms with Gasteiger partial charge in [0.05, 0.1) is 18.0 Å². The Kier molecular flexibility index (Phi) is 4.62. The number of aliphatic hydroxyl groups excluding tert-OH is 1.